The van der Waals surface area contributed by atoms with E-state index in [2.05, 4.69) is 0 Å². The molecule has 0 unspecified atom stereocenters. The average molecular weight is 175 g/mol. The maximum Gasteiger partial charge on any atom is 2.00 e. The number of carboxylic acid groups (broad SMARTS) is 1. The molecule has 0 amide bonds. The Bertz CT molecular complexity index is 97.3. The van der Waals surface area contributed by atoms with Gasteiger partial charge in [-0.1, -0.05) is 0 Å². The summed E-state index contributed by atoms with van der Waals surface area (Å²) < 4.78 is 0. The van der Waals surface area contributed by atoms with Gasteiger partial charge in [-0.05, 0) is 6.92 Å². The standard InChI is InChI=1S/C4H9NO3.Ca.O/c1-2(6)3(5)4(7)8;;/h2-3,6H,5H2,1H3,(H,7,8);;/q;+2;-2/t2-,3+;;/m1../s1. The number of aliphatic hydroxyl groups is 1. The number of aliphatic carboxylic acids is 1. The fourth-order valence-corrected chi connectivity index (χ4v) is 0.206. The molecule has 0 aromatic rings. The number of aliphatic hydroxyl groups excluding tert-OH is 1. The Hall–Kier alpha value is 0.610. The fourth-order valence-electron chi connectivity index (χ4n) is 0.206. The molecule has 0 saturated carbocycles. The summed E-state index contributed by atoms with van der Waals surface area (Å²) in [5, 5.41) is 16.6. The zero-order valence-electron chi connectivity index (χ0n) is 5.65. The first-order valence-corrected chi connectivity index (χ1v) is 2.22. The monoisotopic (exact) mass is 175 g/mol. The van der Waals surface area contributed by atoms with E-state index in [0.717, 1.165) is 0 Å². The van der Waals surface area contributed by atoms with Crippen LogP contribution in [0.25, 0.3) is 0 Å². The van der Waals surface area contributed by atoms with Crippen molar-refractivity contribution < 1.29 is 20.5 Å². The summed E-state index contributed by atoms with van der Waals surface area (Å²) in [6.07, 6.45) is -0.979. The van der Waals surface area contributed by atoms with Gasteiger partial charge in [0.2, 0.25) is 0 Å². The summed E-state index contributed by atoms with van der Waals surface area (Å²) in [5.41, 5.74) is 4.91. The van der Waals surface area contributed by atoms with E-state index >= 15 is 0 Å². The van der Waals surface area contributed by atoms with Crippen molar-refractivity contribution in [2.75, 3.05) is 0 Å². The van der Waals surface area contributed by atoms with Crippen molar-refractivity contribution >= 4 is 43.7 Å². The van der Waals surface area contributed by atoms with Crippen LogP contribution in [0.3, 0.4) is 0 Å². The second kappa shape index (κ2) is 7.71. The van der Waals surface area contributed by atoms with Crippen molar-refractivity contribution in [3.63, 3.8) is 0 Å². The van der Waals surface area contributed by atoms with Gasteiger partial charge in [0.05, 0.1) is 6.10 Å². The molecular formula is C4H9CaNO4. The van der Waals surface area contributed by atoms with E-state index in [1.165, 1.54) is 6.92 Å². The van der Waals surface area contributed by atoms with Crippen LogP contribution in [0.5, 0.6) is 0 Å². The topological polar surface area (TPSA) is 112 Å². The maximum absolute atomic E-state index is 9.86. The van der Waals surface area contributed by atoms with Gasteiger partial charge in [-0.3, -0.25) is 4.79 Å². The van der Waals surface area contributed by atoms with E-state index < -0.39 is 18.1 Å². The van der Waals surface area contributed by atoms with Crippen LogP contribution >= 0.6 is 0 Å². The molecule has 0 spiro atoms. The van der Waals surface area contributed by atoms with Crippen molar-refractivity contribution in [2.45, 2.75) is 19.1 Å². The Labute approximate surface area is 88.5 Å². The summed E-state index contributed by atoms with van der Waals surface area (Å²) in [6.45, 7) is 1.33. The van der Waals surface area contributed by atoms with Crippen molar-refractivity contribution in [3.8, 4) is 0 Å². The molecule has 0 aliphatic carbocycles. The third-order valence-electron chi connectivity index (χ3n) is 0.805. The molecule has 56 valence electrons. The van der Waals surface area contributed by atoms with Gasteiger partial charge in [0.25, 0.3) is 0 Å². The smallest absolute Gasteiger partial charge is 2.00 e. The van der Waals surface area contributed by atoms with Crippen LogP contribution in [-0.4, -0.2) is 66.1 Å². The minimum Gasteiger partial charge on any atom is -2.00 e. The van der Waals surface area contributed by atoms with E-state index in [4.69, 9.17) is 15.9 Å². The number of rotatable bonds is 2. The number of nitrogens with two attached hydrogens (primary N) is 1. The Morgan fingerprint density at radius 1 is 1.60 bits per heavy atom. The molecule has 10 heavy (non-hydrogen) atoms. The summed E-state index contributed by atoms with van der Waals surface area (Å²) >= 11 is 0. The molecule has 0 rings (SSSR count). The molecule has 5 nitrogen and oxygen atoms in total. The average Bonchev–Trinajstić information content (AvgIpc) is 1.64. The summed E-state index contributed by atoms with van der Waals surface area (Å²) in [5.74, 6) is -1.18. The van der Waals surface area contributed by atoms with Gasteiger partial charge in [-0.25, -0.2) is 0 Å². The Kier molecular flexibility index (Phi) is 13.1. The zero-order valence-corrected chi connectivity index (χ0v) is 7.86. The third kappa shape index (κ3) is 6.73. The van der Waals surface area contributed by atoms with Crippen molar-refractivity contribution in [2.24, 2.45) is 5.73 Å². The molecule has 0 aliphatic heterocycles. The van der Waals surface area contributed by atoms with Crippen molar-refractivity contribution in [1.29, 1.82) is 0 Å². The van der Waals surface area contributed by atoms with Crippen molar-refractivity contribution in [1.82, 2.24) is 0 Å². The number of hydrogen-bond acceptors (Lipinski definition) is 3. The van der Waals surface area contributed by atoms with Crippen molar-refractivity contribution in [3.05, 3.63) is 0 Å². The molecule has 2 atom stereocenters. The molecule has 4 N–H and O–H groups in total. The Morgan fingerprint density at radius 2 is 1.90 bits per heavy atom. The first kappa shape index (κ1) is 16.9. The van der Waals surface area contributed by atoms with E-state index in [1.807, 2.05) is 0 Å². The normalized spacial score (nSPS) is 13.9. The molecule has 0 bridgehead atoms. The molecule has 0 aliphatic rings. The van der Waals surface area contributed by atoms with Crippen LogP contribution < -0.4 is 5.73 Å². The minimum absolute atomic E-state index is 0. The second-order valence-corrected chi connectivity index (χ2v) is 1.60. The Balaban J connectivity index is -0.000000245. The van der Waals surface area contributed by atoms with E-state index in [9.17, 15) is 4.79 Å². The van der Waals surface area contributed by atoms with Gasteiger partial charge < -0.3 is 21.4 Å². The van der Waals surface area contributed by atoms with Gasteiger partial charge in [-0.15, -0.1) is 0 Å². The molecule has 0 fully saturated rings. The fraction of sp³-hybridized carbons (Fsp3) is 0.750. The predicted octanol–water partition coefficient (Wildman–Crippen LogP) is -1.72. The van der Waals surface area contributed by atoms with Crippen LogP contribution in [0.4, 0.5) is 0 Å². The molecule has 6 heteroatoms. The number of hydrogen-bond donors (Lipinski definition) is 3. The number of carbonyl (C=O) groups is 1. The molecule has 0 saturated heterocycles. The largest absolute Gasteiger partial charge is 2.00 e. The van der Waals surface area contributed by atoms with Gasteiger partial charge in [0.15, 0.2) is 0 Å². The van der Waals surface area contributed by atoms with Crippen LogP contribution in [0.15, 0.2) is 0 Å². The molecule has 0 aromatic heterocycles. The summed E-state index contributed by atoms with van der Waals surface area (Å²) in [7, 11) is 0. The molecule has 0 heterocycles. The van der Waals surface area contributed by atoms with Crippen LogP contribution in [0, 0.1) is 0 Å². The van der Waals surface area contributed by atoms with E-state index in [0.29, 0.717) is 0 Å². The van der Waals surface area contributed by atoms with Crippen LogP contribution in [-0.2, 0) is 10.3 Å². The number of carboxylic acids is 1. The zero-order chi connectivity index (χ0) is 6.73. The Morgan fingerprint density at radius 3 is 1.90 bits per heavy atom. The summed E-state index contributed by atoms with van der Waals surface area (Å²) in [6, 6.07) is -1.16. The van der Waals surface area contributed by atoms with Gasteiger partial charge in [0.1, 0.15) is 6.04 Å². The SMILES string of the molecule is C[C@@H](O)[C@H](N)C(=O)O.[Ca+2].[O-2]. The second-order valence-electron chi connectivity index (χ2n) is 1.60. The molecular weight excluding hydrogens is 166 g/mol. The van der Waals surface area contributed by atoms with Gasteiger partial charge in [0, 0.05) is 0 Å². The first-order valence-electron chi connectivity index (χ1n) is 2.22. The molecule has 0 aromatic carbocycles. The quantitative estimate of drug-likeness (QED) is 0.433. The summed E-state index contributed by atoms with van der Waals surface area (Å²) in [4.78, 5) is 9.86. The minimum atomic E-state index is -1.18. The van der Waals surface area contributed by atoms with Crippen LogP contribution in [0.2, 0.25) is 0 Å². The third-order valence-corrected chi connectivity index (χ3v) is 0.805. The van der Waals surface area contributed by atoms with Gasteiger partial charge >= 0.3 is 43.7 Å². The van der Waals surface area contributed by atoms with E-state index in [1.54, 1.807) is 0 Å². The maximum atomic E-state index is 9.86. The van der Waals surface area contributed by atoms with E-state index in [-0.39, 0.29) is 43.2 Å². The predicted molar refractivity (Wildman–Crippen MR) is 33.7 cm³/mol. The first-order chi connectivity index (χ1) is 3.55. The van der Waals surface area contributed by atoms with Gasteiger partial charge in [-0.2, -0.15) is 0 Å². The molecule has 0 radical (unpaired) electrons. The van der Waals surface area contributed by atoms with Crippen LogP contribution in [0.1, 0.15) is 6.92 Å².